The summed E-state index contributed by atoms with van der Waals surface area (Å²) in [6, 6.07) is 5.85. The van der Waals surface area contributed by atoms with E-state index in [1.807, 2.05) is 25.1 Å². The number of carbonyl (C=O) groups is 2. The van der Waals surface area contributed by atoms with Crippen LogP contribution in [-0.4, -0.2) is 33.0 Å². The van der Waals surface area contributed by atoms with E-state index in [-0.39, 0.29) is 12.5 Å². The van der Waals surface area contributed by atoms with Crippen molar-refractivity contribution >= 4 is 11.9 Å². The fourth-order valence-corrected chi connectivity index (χ4v) is 3.18. The normalized spacial score (nSPS) is 14.8. The molecule has 7 nitrogen and oxygen atoms in total. The Bertz CT molecular complexity index is 884. The van der Waals surface area contributed by atoms with Crippen LogP contribution in [-0.2, 0) is 25.7 Å². The summed E-state index contributed by atoms with van der Waals surface area (Å²) in [5.41, 5.74) is 7.55. The predicted octanol–water partition coefficient (Wildman–Crippen LogP) is 3.61. The Labute approximate surface area is 178 Å². The topological polar surface area (TPSA) is 107 Å². The summed E-state index contributed by atoms with van der Waals surface area (Å²) >= 11 is 0. The maximum Gasteiger partial charge on any atom is 0.338 e. The largest absolute Gasteiger partial charge is 0.459 e. The van der Waals surface area contributed by atoms with Gasteiger partial charge in [0.1, 0.15) is 12.2 Å². The molecule has 0 saturated heterocycles. The van der Waals surface area contributed by atoms with Crippen LogP contribution in [0.3, 0.4) is 0 Å². The van der Waals surface area contributed by atoms with Gasteiger partial charge in [-0.2, -0.15) is 0 Å². The molecule has 2 atom stereocenters. The van der Waals surface area contributed by atoms with Crippen LogP contribution in [0.15, 0.2) is 30.7 Å². The van der Waals surface area contributed by atoms with Gasteiger partial charge < -0.3 is 20.2 Å². The SMILES string of the molecule is Cc1c(COC(=O)C(N)(C(=O)OC(C)(C)C)C(C)C)cccc1[C@H](C)c1cnc[nH]1. The zero-order valence-corrected chi connectivity index (χ0v) is 18.9. The van der Waals surface area contributed by atoms with Gasteiger partial charge in [-0.05, 0) is 50.3 Å². The predicted molar refractivity (Wildman–Crippen MR) is 115 cm³/mol. The third kappa shape index (κ3) is 5.08. The second kappa shape index (κ2) is 9.00. The number of carbonyl (C=O) groups excluding carboxylic acids is 2. The molecule has 2 aromatic rings. The lowest BCUT2D eigenvalue weighted by molar-refractivity contribution is -0.174. The van der Waals surface area contributed by atoms with Gasteiger partial charge in [-0.1, -0.05) is 39.0 Å². The number of ether oxygens (including phenoxy) is 2. The molecule has 0 radical (unpaired) electrons. The molecule has 7 heteroatoms. The summed E-state index contributed by atoms with van der Waals surface area (Å²) in [7, 11) is 0. The lowest BCUT2D eigenvalue weighted by Crippen LogP contribution is -2.61. The number of H-pyrrole nitrogens is 1. The molecule has 2 rings (SSSR count). The molecule has 3 N–H and O–H groups in total. The second-order valence-electron chi connectivity index (χ2n) is 8.96. The Balaban J connectivity index is 2.20. The molecular formula is C23H33N3O4. The van der Waals surface area contributed by atoms with Crippen LogP contribution in [0.1, 0.15) is 69.8 Å². The molecule has 0 aliphatic carbocycles. The quantitative estimate of drug-likeness (QED) is 0.528. The summed E-state index contributed by atoms with van der Waals surface area (Å²) < 4.78 is 10.9. The highest BCUT2D eigenvalue weighted by Crippen LogP contribution is 2.28. The Morgan fingerprint density at radius 1 is 1.17 bits per heavy atom. The zero-order chi connectivity index (χ0) is 22.7. The van der Waals surface area contributed by atoms with Gasteiger partial charge in [-0.15, -0.1) is 0 Å². The van der Waals surface area contributed by atoms with E-state index in [4.69, 9.17) is 15.2 Å². The van der Waals surface area contributed by atoms with Gasteiger partial charge in [0.15, 0.2) is 0 Å². The number of rotatable bonds is 7. The highest BCUT2D eigenvalue weighted by molar-refractivity contribution is 6.05. The molecule has 1 unspecified atom stereocenters. The van der Waals surface area contributed by atoms with Gasteiger partial charge in [0.25, 0.3) is 0 Å². The molecule has 0 fully saturated rings. The number of aromatic nitrogens is 2. The molecular weight excluding hydrogens is 382 g/mol. The Morgan fingerprint density at radius 2 is 1.83 bits per heavy atom. The first-order chi connectivity index (χ1) is 13.9. The van der Waals surface area contributed by atoms with Gasteiger partial charge in [0.05, 0.1) is 6.33 Å². The first-order valence-corrected chi connectivity index (χ1v) is 10.1. The molecule has 1 aromatic heterocycles. The van der Waals surface area contributed by atoms with Crippen molar-refractivity contribution in [1.29, 1.82) is 0 Å². The number of nitrogens with zero attached hydrogens (tertiary/aromatic N) is 1. The van der Waals surface area contributed by atoms with Crippen molar-refractivity contribution in [2.24, 2.45) is 11.7 Å². The van der Waals surface area contributed by atoms with E-state index in [2.05, 4.69) is 16.9 Å². The number of hydrogen-bond donors (Lipinski definition) is 2. The van der Waals surface area contributed by atoms with Crippen LogP contribution in [0.5, 0.6) is 0 Å². The summed E-state index contributed by atoms with van der Waals surface area (Å²) in [5, 5.41) is 0. The maximum absolute atomic E-state index is 12.9. The first kappa shape index (κ1) is 23.6. The summed E-state index contributed by atoms with van der Waals surface area (Å²) in [4.78, 5) is 32.7. The maximum atomic E-state index is 12.9. The number of esters is 2. The van der Waals surface area contributed by atoms with Crippen molar-refractivity contribution in [1.82, 2.24) is 9.97 Å². The lowest BCUT2D eigenvalue weighted by atomic mass is 9.87. The van der Waals surface area contributed by atoms with Crippen molar-refractivity contribution in [2.75, 3.05) is 0 Å². The summed E-state index contributed by atoms with van der Waals surface area (Å²) in [6.45, 7) is 12.7. The molecule has 164 valence electrons. The third-order valence-corrected chi connectivity index (χ3v) is 5.28. The molecule has 0 amide bonds. The van der Waals surface area contributed by atoms with E-state index < -0.39 is 29.0 Å². The minimum Gasteiger partial charge on any atom is -0.459 e. The van der Waals surface area contributed by atoms with Crippen molar-refractivity contribution in [2.45, 2.75) is 72.1 Å². The molecule has 0 aliphatic heterocycles. The minimum atomic E-state index is -1.87. The van der Waals surface area contributed by atoms with Crippen LogP contribution < -0.4 is 5.73 Å². The Morgan fingerprint density at radius 3 is 2.37 bits per heavy atom. The fraction of sp³-hybridized carbons (Fsp3) is 0.522. The first-order valence-electron chi connectivity index (χ1n) is 10.1. The molecule has 1 aromatic carbocycles. The van der Waals surface area contributed by atoms with Crippen molar-refractivity contribution < 1.29 is 19.1 Å². The smallest absolute Gasteiger partial charge is 0.338 e. The van der Waals surface area contributed by atoms with Gasteiger partial charge in [-0.25, -0.2) is 14.6 Å². The molecule has 0 spiro atoms. The van der Waals surface area contributed by atoms with Crippen LogP contribution in [0.2, 0.25) is 0 Å². The van der Waals surface area contributed by atoms with Crippen LogP contribution in [0.4, 0.5) is 0 Å². The summed E-state index contributed by atoms with van der Waals surface area (Å²) in [6.07, 6.45) is 3.44. The van der Waals surface area contributed by atoms with Crippen LogP contribution in [0.25, 0.3) is 0 Å². The third-order valence-electron chi connectivity index (χ3n) is 5.28. The summed E-state index contributed by atoms with van der Waals surface area (Å²) in [5.74, 6) is -1.96. The standard InChI is InChI=1S/C23H33N3O4/c1-14(2)23(24,21(28)30-22(5,6)7)20(27)29-12-17-9-8-10-18(15(17)3)16(4)19-11-25-13-26-19/h8-11,13-14,16H,12,24H2,1-7H3,(H,25,26)/t16-,23?/m0/s1. The number of benzene rings is 1. The van der Waals surface area contributed by atoms with Gasteiger partial charge in [0.2, 0.25) is 5.54 Å². The number of hydrogen-bond acceptors (Lipinski definition) is 6. The zero-order valence-electron chi connectivity index (χ0n) is 18.9. The van der Waals surface area contributed by atoms with Gasteiger partial charge >= 0.3 is 11.9 Å². The van der Waals surface area contributed by atoms with E-state index in [1.165, 1.54) is 0 Å². The lowest BCUT2D eigenvalue weighted by Gasteiger charge is -2.32. The average molecular weight is 416 g/mol. The minimum absolute atomic E-state index is 0.0165. The number of aromatic amines is 1. The molecule has 0 aliphatic rings. The van der Waals surface area contributed by atoms with E-state index in [9.17, 15) is 9.59 Å². The highest BCUT2D eigenvalue weighted by atomic mass is 16.6. The van der Waals surface area contributed by atoms with E-state index >= 15 is 0 Å². The molecule has 0 saturated carbocycles. The second-order valence-corrected chi connectivity index (χ2v) is 8.96. The Kier molecular flexibility index (Phi) is 7.08. The fourth-order valence-electron chi connectivity index (χ4n) is 3.18. The number of imidazole rings is 1. The highest BCUT2D eigenvalue weighted by Gasteiger charge is 2.49. The van der Waals surface area contributed by atoms with E-state index in [0.717, 1.165) is 22.4 Å². The monoisotopic (exact) mass is 415 g/mol. The van der Waals surface area contributed by atoms with Crippen molar-refractivity contribution in [3.05, 3.63) is 53.1 Å². The van der Waals surface area contributed by atoms with Crippen molar-refractivity contribution in [3.63, 3.8) is 0 Å². The molecule has 1 heterocycles. The number of nitrogens with two attached hydrogens (primary N) is 1. The van der Waals surface area contributed by atoms with Gasteiger partial charge in [-0.3, -0.25) is 0 Å². The van der Waals surface area contributed by atoms with Gasteiger partial charge in [0, 0.05) is 17.8 Å². The average Bonchev–Trinajstić information content (AvgIpc) is 3.18. The van der Waals surface area contributed by atoms with E-state index in [0.29, 0.717) is 0 Å². The Hall–Kier alpha value is -2.67. The number of nitrogens with one attached hydrogen (secondary N) is 1. The molecule has 0 bridgehead atoms. The van der Waals surface area contributed by atoms with Crippen LogP contribution in [0, 0.1) is 12.8 Å². The van der Waals surface area contributed by atoms with E-state index in [1.54, 1.807) is 47.1 Å². The molecule has 30 heavy (non-hydrogen) atoms. The van der Waals surface area contributed by atoms with Crippen LogP contribution >= 0.6 is 0 Å². The van der Waals surface area contributed by atoms with Crippen molar-refractivity contribution in [3.8, 4) is 0 Å².